The predicted molar refractivity (Wildman–Crippen MR) is 67.8 cm³/mol. The molecule has 2 rings (SSSR count). The Balaban J connectivity index is 2.24. The van der Waals surface area contributed by atoms with E-state index < -0.39 is 5.97 Å². The van der Waals surface area contributed by atoms with E-state index in [1.165, 1.54) is 6.08 Å². The lowest BCUT2D eigenvalue weighted by Crippen LogP contribution is -1.98. The highest BCUT2D eigenvalue weighted by Crippen LogP contribution is 2.15. The highest BCUT2D eigenvalue weighted by molar-refractivity contribution is 6.31. The topological polar surface area (TPSA) is 68.0 Å². The van der Waals surface area contributed by atoms with E-state index in [0.29, 0.717) is 16.4 Å². The van der Waals surface area contributed by atoms with Crippen LogP contribution in [0.4, 0.5) is 0 Å². The number of hydrogen-bond acceptors (Lipinski definition) is 3. The number of halogens is 1. The standard InChI is InChI=1S/C12H10ClN3O2/c1-8-10(13)7-16(15-8)11-4-2-9(6-14-11)3-5-12(17)18/h2-7H,1H3,(H,17,18)/b5-3+. The van der Waals surface area contributed by atoms with Crippen molar-refractivity contribution in [3.05, 3.63) is 46.9 Å². The number of aromatic nitrogens is 3. The van der Waals surface area contributed by atoms with E-state index in [1.54, 1.807) is 29.2 Å². The Hall–Kier alpha value is -2.14. The zero-order valence-corrected chi connectivity index (χ0v) is 10.3. The molecule has 92 valence electrons. The lowest BCUT2D eigenvalue weighted by Gasteiger charge is -2.00. The molecule has 6 heteroatoms. The van der Waals surface area contributed by atoms with Gasteiger partial charge in [0.05, 0.1) is 16.9 Å². The van der Waals surface area contributed by atoms with Gasteiger partial charge < -0.3 is 5.11 Å². The van der Waals surface area contributed by atoms with Crippen LogP contribution in [0.1, 0.15) is 11.3 Å². The first-order valence-electron chi connectivity index (χ1n) is 5.15. The van der Waals surface area contributed by atoms with Crippen molar-refractivity contribution in [2.45, 2.75) is 6.92 Å². The Labute approximate surface area is 108 Å². The lowest BCUT2D eigenvalue weighted by molar-refractivity contribution is -0.131. The van der Waals surface area contributed by atoms with E-state index in [0.717, 1.165) is 11.8 Å². The highest BCUT2D eigenvalue weighted by Gasteiger charge is 2.04. The summed E-state index contributed by atoms with van der Waals surface area (Å²) in [6.07, 6.45) is 5.78. The highest BCUT2D eigenvalue weighted by atomic mass is 35.5. The number of carbonyl (C=O) groups is 1. The van der Waals surface area contributed by atoms with Crippen LogP contribution in [0, 0.1) is 6.92 Å². The van der Waals surface area contributed by atoms with Crippen molar-refractivity contribution in [3.63, 3.8) is 0 Å². The molecule has 2 aromatic heterocycles. The van der Waals surface area contributed by atoms with Gasteiger partial charge in [0.15, 0.2) is 5.82 Å². The molecule has 1 N–H and O–H groups in total. The van der Waals surface area contributed by atoms with Gasteiger partial charge in [-0.3, -0.25) is 0 Å². The van der Waals surface area contributed by atoms with Crippen molar-refractivity contribution in [3.8, 4) is 5.82 Å². The Morgan fingerprint density at radius 1 is 1.50 bits per heavy atom. The molecule has 2 heterocycles. The summed E-state index contributed by atoms with van der Waals surface area (Å²) in [6, 6.07) is 3.50. The van der Waals surface area contributed by atoms with Crippen LogP contribution in [0.5, 0.6) is 0 Å². The average Bonchev–Trinajstić information content (AvgIpc) is 2.68. The molecule has 2 aromatic rings. The number of carboxylic acid groups (broad SMARTS) is 1. The molecule has 0 spiro atoms. The zero-order valence-electron chi connectivity index (χ0n) is 9.54. The fraction of sp³-hybridized carbons (Fsp3) is 0.0833. The SMILES string of the molecule is Cc1nn(-c2ccc(/C=C/C(=O)O)cn2)cc1Cl. The van der Waals surface area contributed by atoms with Crippen molar-refractivity contribution >= 4 is 23.6 Å². The summed E-state index contributed by atoms with van der Waals surface area (Å²) in [5.41, 5.74) is 1.43. The van der Waals surface area contributed by atoms with E-state index in [1.807, 2.05) is 6.92 Å². The van der Waals surface area contributed by atoms with Crippen LogP contribution in [0.25, 0.3) is 11.9 Å². The third-order valence-corrected chi connectivity index (χ3v) is 2.63. The van der Waals surface area contributed by atoms with Crippen LogP contribution >= 0.6 is 11.6 Å². The lowest BCUT2D eigenvalue weighted by atomic mass is 10.2. The molecule has 0 unspecified atom stereocenters. The summed E-state index contributed by atoms with van der Waals surface area (Å²) in [7, 11) is 0. The van der Waals surface area contributed by atoms with Crippen LogP contribution in [-0.4, -0.2) is 25.8 Å². The molecule has 0 radical (unpaired) electrons. The molecule has 0 saturated carbocycles. The summed E-state index contributed by atoms with van der Waals surface area (Å²) in [6.45, 7) is 1.81. The van der Waals surface area contributed by atoms with E-state index in [9.17, 15) is 4.79 Å². The van der Waals surface area contributed by atoms with E-state index >= 15 is 0 Å². The molecular formula is C12H10ClN3O2. The minimum absolute atomic E-state index is 0.576. The minimum Gasteiger partial charge on any atom is -0.478 e. The Kier molecular flexibility index (Phi) is 3.43. The quantitative estimate of drug-likeness (QED) is 0.863. The Morgan fingerprint density at radius 2 is 2.28 bits per heavy atom. The van der Waals surface area contributed by atoms with E-state index in [2.05, 4.69) is 10.1 Å². The first-order chi connectivity index (χ1) is 8.56. The molecule has 0 aliphatic rings. The number of pyridine rings is 1. The van der Waals surface area contributed by atoms with Crippen LogP contribution < -0.4 is 0 Å². The summed E-state index contributed by atoms with van der Waals surface area (Å²) in [5.74, 6) is -0.369. The van der Waals surface area contributed by atoms with Gasteiger partial charge in [0, 0.05) is 12.3 Å². The number of carboxylic acids is 1. The largest absolute Gasteiger partial charge is 0.478 e. The maximum absolute atomic E-state index is 10.4. The summed E-state index contributed by atoms with van der Waals surface area (Å²) in [4.78, 5) is 14.5. The predicted octanol–water partition coefficient (Wildman–Crippen LogP) is 2.33. The van der Waals surface area contributed by atoms with Crippen LogP contribution in [0.2, 0.25) is 5.02 Å². The molecule has 5 nitrogen and oxygen atoms in total. The normalized spacial score (nSPS) is 11.0. The van der Waals surface area contributed by atoms with Crippen LogP contribution in [0.15, 0.2) is 30.6 Å². The average molecular weight is 264 g/mol. The van der Waals surface area contributed by atoms with E-state index in [4.69, 9.17) is 16.7 Å². The number of aliphatic carboxylic acids is 1. The Bertz CT molecular complexity index is 583. The third-order valence-electron chi connectivity index (χ3n) is 2.26. The number of aryl methyl sites for hydroxylation is 1. The van der Waals surface area contributed by atoms with Gasteiger partial charge in [0.2, 0.25) is 0 Å². The van der Waals surface area contributed by atoms with Crippen molar-refractivity contribution < 1.29 is 9.90 Å². The molecule has 0 saturated heterocycles. The van der Waals surface area contributed by atoms with Gasteiger partial charge in [0.25, 0.3) is 0 Å². The van der Waals surface area contributed by atoms with Gasteiger partial charge in [-0.05, 0) is 30.7 Å². The maximum atomic E-state index is 10.4. The molecule has 0 bridgehead atoms. The second kappa shape index (κ2) is 5.01. The minimum atomic E-state index is -0.992. The monoisotopic (exact) mass is 263 g/mol. The second-order valence-electron chi connectivity index (χ2n) is 3.63. The molecule has 0 aromatic carbocycles. The second-order valence-corrected chi connectivity index (χ2v) is 4.04. The number of nitrogens with zero attached hydrogens (tertiary/aromatic N) is 3. The zero-order chi connectivity index (χ0) is 13.1. The first kappa shape index (κ1) is 12.3. The summed E-state index contributed by atoms with van der Waals surface area (Å²) in [5, 5.41) is 13.3. The number of hydrogen-bond donors (Lipinski definition) is 1. The molecule has 0 fully saturated rings. The van der Waals surface area contributed by atoms with Crippen molar-refractivity contribution in [2.75, 3.05) is 0 Å². The molecule has 0 atom stereocenters. The third kappa shape index (κ3) is 2.75. The van der Waals surface area contributed by atoms with Crippen molar-refractivity contribution in [2.24, 2.45) is 0 Å². The summed E-state index contributed by atoms with van der Waals surface area (Å²) >= 11 is 5.91. The van der Waals surface area contributed by atoms with Crippen molar-refractivity contribution in [1.82, 2.24) is 14.8 Å². The van der Waals surface area contributed by atoms with Crippen molar-refractivity contribution in [1.29, 1.82) is 0 Å². The van der Waals surface area contributed by atoms with Crippen LogP contribution in [-0.2, 0) is 4.79 Å². The molecule has 0 aliphatic carbocycles. The van der Waals surface area contributed by atoms with Gasteiger partial charge in [-0.15, -0.1) is 0 Å². The maximum Gasteiger partial charge on any atom is 0.328 e. The van der Waals surface area contributed by atoms with Crippen LogP contribution in [0.3, 0.4) is 0 Å². The fourth-order valence-electron chi connectivity index (χ4n) is 1.36. The van der Waals surface area contributed by atoms with Gasteiger partial charge in [-0.25, -0.2) is 14.5 Å². The molecular weight excluding hydrogens is 254 g/mol. The Morgan fingerprint density at radius 3 is 2.78 bits per heavy atom. The first-order valence-corrected chi connectivity index (χ1v) is 5.53. The molecule has 0 amide bonds. The summed E-state index contributed by atoms with van der Waals surface area (Å²) < 4.78 is 1.57. The van der Waals surface area contributed by atoms with Gasteiger partial charge in [-0.1, -0.05) is 11.6 Å². The molecule has 0 aliphatic heterocycles. The van der Waals surface area contributed by atoms with Gasteiger partial charge in [-0.2, -0.15) is 5.10 Å². The number of rotatable bonds is 3. The smallest absolute Gasteiger partial charge is 0.328 e. The van der Waals surface area contributed by atoms with E-state index in [-0.39, 0.29) is 0 Å². The van der Waals surface area contributed by atoms with Gasteiger partial charge in [0.1, 0.15) is 0 Å². The fourth-order valence-corrected chi connectivity index (χ4v) is 1.49. The molecule has 18 heavy (non-hydrogen) atoms. The van der Waals surface area contributed by atoms with Gasteiger partial charge >= 0.3 is 5.97 Å².